The maximum atomic E-state index is 12.9. The van der Waals surface area contributed by atoms with Gasteiger partial charge in [0.15, 0.2) is 11.5 Å². The lowest BCUT2D eigenvalue weighted by atomic mass is 9.83. The number of Topliss-reactive ketones (excluding diaryl/α,β-unsaturated/α-hetero) is 1. The summed E-state index contributed by atoms with van der Waals surface area (Å²) in [5.41, 5.74) is -0.418. The van der Waals surface area contributed by atoms with Crippen LogP contribution in [0, 0.1) is 5.41 Å². The summed E-state index contributed by atoms with van der Waals surface area (Å²) in [6, 6.07) is 3.33. The number of carbonyl (C=O) groups excluding carboxylic acids is 2. The molecule has 132 valence electrons. The van der Waals surface area contributed by atoms with Crippen molar-refractivity contribution in [1.82, 2.24) is 9.80 Å². The summed E-state index contributed by atoms with van der Waals surface area (Å²) >= 11 is 1.50. The van der Waals surface area contributed by atoms with E-state index in [1.165, 1.54) is 11.3 Å². The molecule has 6 heteroatoms. The van der Waals surface area contributed by atoms with E-state index in [2.05, 4.69) is 4.90 Å². The summed E-state index contributed by atoms with van der Waals surface area (Å²) in [6.45, 7) is 6.76. The van der Waals surface area contributed by atoms with Gasteiger partial charge in [0.1, 0.15) is 0 Å². The fraction of sp³-hybridized carbons (Fsp3) is 0.556. The molecule has 0 spiro atoms. The van der Waals surface area contributed by atoms with Gasteiger partial charge in [0.25, 0.3) is 5.91 Å². The van der Waals surface area contributed by atoms with Gasteiger partial charge in [-0.15, -0.1) is 11.3 Å². The van der Waals surface area contributed by atoms with Crippen LogP contribution in [0.25, 0.3) is 0 Å². The number of aliphatic hydroxyl groups excluding tert-OH is 1. The molecule has 1 aliphatic rings. The number of ketones is 1. The fourth-order valence-electron chi connectivity index (χ4n) is 2.82. The zero-order valence-corrected chi connectivity index (χ0v) is 15.8. The van der Waals surface area contributed by atoms with Gasteiger partial charge in [0.2, 0.25) is 0 Å². The Morgan fingerprint density at radius 3 is 2.54 bits per heavy atom. The van der Waals surface area contributed by atoms with Crippen LogP contribution >= 0.6 is 11.3 Å². The molecule has 0 aliphatic carbocycles. The zero-order valence-electron chi connectivity index (χ0n) is 15.0. The van der Waals surface area contributed by atoms with Crippen molar-refractivity contribution in [3.63, 3.8) is 0 Å². The van der Waals surface area contributed by atoms with E-state index >= 15 is 0 Å². The van der Waals surface area contributed by atoms with E-state index in [9.17, 15) is 14.7 Å². The minimum absolute atomic E-state index is 0.179. The number of carbonyl (C=O) groups is 2. The molecular formula is C18H26N2O3S. The van der Waals surface area contributed by atoms with Crippen LogP contribution in [0.1, 0.15) is 38.1 Å². The van der Waals surface area contributed by atoms with E-state index in [0.717, 1.165) is 17.8 Å². The lowest BCUT2D eigenvalue weighted by molar-refractivity contribution is -0.129. The molecule has 2 heterocycles. The molecule has 1 aliphatic heterocycles. The van der Waals surface area contributed by atoms with Crippen molar-refractivity contribution in [3.8, 4) is 0 Å². The van der Waals surface area contributed by atoms with Crippen molar-refractivity contribution in [1.29, 1.82) is 0 Å². The van der Waals surface area contributed by atoms with E-state index < -0.39 is 23.1 Å². The van der Waals surface area contributed by atoms with Crippen LogP contribution < -0.4 is 0 Å². The molecule has 2 rings (SSSR count). The third-order valence-corrected chi connectivity index (χ3v) is 4.97. The molecule has 1 unspecified atom stereocenters. The molecule has 0 saturated heterocycles. The van der Waals surface area contributed by atoms with Gasteiger partial charge >= 0.3 is 0 Å². The van der Waals surface area contributed by atoms with Gasteiger partial charge in [-0.05, 0) is 38.5 Å². The predicted octanol–water partition coefficient (Wildman–Crippen LogP) is 3.01. The number of thiophene rings is 1. The Kier molecular flexibility index (Phi) is 5.50. The van der Waals surface area contributed by atoms with Gasteiger partial charge in [-0.3, -0.25) is 9.59 Å². The van der Waals surface area contributed by atoms with Crippen molar-refractivity contribution >= 4 is 23.0 Å². The van der Waals surface area contributed by atoms with Gasteiger partial charge in [-0.25, -0.2) is 0 Å². The van der Waals surface area contributed by atoms with Gasteiger partial charge in [0, 0.05) is 16.8 Å². The van der Waals surface area contributed by atoms with E-state index in [1.807, 2.05) is 31.6 Å². The largest absolute Gasteiger partial charge is 0.503 e. The number of nitrogens with zero attached hydrogens (tertiary/aromatic N) is 2. The Labute approximate surface area is 147 Å². The van der Waals surface area contributed by atoms with Crippen LogP contribution in [-0.4, -0.2) is 53.8 Å². The summed E-state index contributed by atoms with van der Waals surface area (Å²) in [5.74, 6) is -1.01. The topological polar surface area (TPSA) is 60.9 Å². The highest BCUT2D eigenvalue weighted by atomic mass is 32.1. The van der Waals surface area contributed by atoms with E-state index in [4.69, 9.17) is 0 Å². The monoisotopic (exact) mass is 350 g/mol. The number of hydrogen-bond acceptors (Lipinski definition) is 5. The van der Waals surface area contributed by atoms with Crippen molar-refractivity contribution in [2.45, 2.75) is 33.2 Å². The molecule has 0 saturated carbocycles. The van der Waals surface area contributed by atoms with Gasteiger partial charge in [0.05, 0.1) is 11.6 Å². The van der Waals surface area contributed by atoms with Crippen LogP contribution in [0.15, 0.2) is 28.8 Å². The molecule has 1 aromatic rings. The van der Waals surface area contributed by atoms with Crippen LogP contribution in [-0.2, 0) is 9.59 Å². The Morgan fingerprint density at radius 1 is 1.38 bits per heavy atom. The average molecular weight is 350 g/mol. The Hall–Kier alpha value is -1.66. The standard InChI is InChI=1S/C18H26N2O3S/c1-18(2,3)16(22)13-14(12-8-6-11-24-12)20(17(23)15(13)21)10-7-9-19(4)5/h6,8,11,14,21H,7,9-10H2,1-5H3. The molecular weight excluding hydrogens is 324 g/mol. The summed E-state index contributed by atoms with van der Waals surface area (Å²) in [7, 11) is 3.96. The molecule has 1 aromatic heterocycles. The van der Waals surface area contributed by atoms with Gasteiger partial charge in [-0.2, -0.15) is 0 Å². The molecule has 0 bridgehead atoms. The lowest BCUT2D eigenvalue weighted by Crippen LogP contribution is -2.34. The first-order valence-electron chi connectivity index (χ1n) is 8.11. The first kappa shape index (κ1) is 18.7. The Morgan fingerprint density at radius 2 is 2.04 bits per heavy atom. The smallest absolute Gasteiger partial charge is 0.290 e. The molecule has 0 radical (unpaired) electrons. The van der Waals surface area contributed by atoms with E-state index in [-0.39, 0.29) is 11.4 Å². The van der Waals surface area contributed by atoms with E-state index in [0.29, 0.717) is 6.54 Å². The van der Waals surface area contributed by atoms with Crippen LogP contribution in [0.2, 0.25) is 0 Å². The van der Waals surface area contributed by atoms with Crippen molar-refractivity contribution in [2.24, 2.45) is 5.41 Å². The zero-order chi connectivity index (χ0) is 18.1. The molecule has 0 aromatic carbocycles. The number of aliphatic hydroxyl groups is 1. The van der Waals surface area contributed by atoms with Crippen molar-refractivity contribution in [3.05, 3.63) is 33.7 Å². The number of hydrogen-bond donors (Lipinski definition) is 1. The van der Waals surface area contributed by atoms with Gasteiger partial charge in [-0.1, -0.05) is 26.8 Å². The molecule has 1 N–H and O–H groups in total. The summed E-state index contributed by atoms with van der Waals surface area (Å²) in [5, 5.41) is 12.3. The Bertz CT molecular complexity index is 642. The molecule has 0 fully saturated rings. The maximum absolute atomic E-state index is 12.9. The van der Waals surface area contributed by atoms with E-state index in [1.54, 1.807) is 25.7 Å². The minimum atomic E-state index is -0.654. The molecule has 1 atom stereocenters. The first-order chi connectivity index (χ1) is 11.1. The average Bonchev–Trinajstić information content (AvgIpc) is 3.07. The minimum Gasteiger partial charge on any atom is -0.503 e. The fourth-order valence-corrected chi connectivity index (χ4v) is 3.67. The third kappa shape index (κ3) is 3.70. The second-order valence-electron chi connectivity index (χ2n) is 7.41. The second kappa shape index (κ2) is 7.07. The number of amides is 1. The van der Waals surface area contributed by atoms with Crippen molar-refractivity contribution < 1.29 is 14.7 Å². The lowest BCUT2D eigenvalue weighted by Gasteiger charge is -2.28. The Balaban J connectivity index is 2.37. The predicted molar refractivity (Wildman–Crippen MR) is 96.1 cm³/mol. The molecule has 24 heavy (non-hydrogen) atoms. The quantitative estimate of drug-likeness (QED) is 0.857. The third-order valence-electron chi connectivity index (χ3n) is 4.05. The van der Waals surface area contributed by atoms with Crippen molar-refractivity contribution in [2.75, 3.05) is 27.2 Å². The summed E-state index contributed by atoms with van der Waals surface area (Å²) in [4.78, 5) is 30.0. The summed E-state index contributed by atoms with van der Waals surface area (Å²) < 4.78 is 0. The second-order valence-corrected chi connectivity index (χ2v) is 8.39. The number of rotatable bonds is 6. The van der Waals surface area contributed by atoms with Crippen LogP contribution in [0.5, 0.6) is 0 Å². The maximum Gasteiger partial charge on any atom is 0.290 e. The molecule has 1 amide bonds. The van der Waals surface area contributed by atoms with Crippen LogP contribution in [0.3, 0.4) is 0 Å². The summed E-state index contributed by atoms with van der Waals surface area (Å²) in [6.07, 6.45) is 0.783. The van der Waals surface area contributed by atoms with Crippen LogP contribution in [0.4, 0.5) is 0 Å². The highest BCUT2D eigenvalue weighted by Crippen LogP contribution is 2.42. The highest BCUT2D eigenvalue weighted by molar-refractivity contribution is 7.10. The van der Waals surface area contributed by atoms with Gasteiger partial charge < -0.3 is 14.9 Å². The SMILES string of the molecule is CN(C)CCCN1C(=O)C(O)=C(C(=O)C(C)(C)C)C1c1cccs1. The normalized spacial score (nSPS) is 18.8. The molecule has 5 nitrogen and oxygen atoms in total. The highest BCUT2D eigenvalue weighted by Gasteiger charge is 2.46. The first-order valence-corrected chi connectivity index (χ1v) is 8.99.